The number of β-amino-alcohol motifs (C(OH)–C–C–N with tert-alkyl or cyclic N) is 1. The monoisotopic (exact) mass is 516 g/mol. The van der Waals surface area contributed by atoms with Crippen LogP contribution in [-0.4, -0.2) is 64.2 Å². The van der Waals surface area contributed by atoms with Crippen LogP contribution >= 0.6 is 0 Å². The largest absolute Gasteiger partial charge is 0.416 e. The van der Waals surface area contributed by atoms with Crippen LogP contribution < -0.4 is 16.0 Å². The van der Waals surface area contributed by atoms with Crippen LogP contribution in [0.5, 0.6) is 0 Å². The Bertz CT molecular complexity index is 1080. The molecule has 4 N–H and O–H groups in total. The van der Waals surface area contributed by atoms with Gasteiger partial charge in [-0.1, -0.05) is 6.07 Å². The first-order valence-corrected chi connectivity index (χ1v) is 11.4. The number of nitrogens with one attached hydrogen (secondary N) is 1. The van der Waals surface area contributed by atoms with Crippen molar-refractivity contribution in [2.24, 2.45) is 11.7 Å². The fraction of sp³-hybridized carbons (Fsp3) is 0.522. The van der Waals surface area contributed by atoms with E-state index in [-0.39, 0.29) is 55.8 Å². The van der Waals surface area contributed by atoms with Gasteiger partial charge in [-0.3, -0.25) is 9.69 Å². The van der Waals surface area contributed by atoms with Crippen molar-refractivity contribution in [3.63, 3.8) is 0 Å². The van der Waals surface area contributed by atoms with E-state index in [9.17, 15) is 27.5 Å². The van der Waals surface area contributed by atoms with Crippen molar-refractivity contribution >= 4 is 17.5 Å². The van der Waals surface area contributed by atoms with Gasteiger partial charge in [-0.25, -0.2) is 14.4 Å². The summed E-state index contributed by atoms with van der Waals surface area (Å²) in [6.07, 6.45) is -3.02. The number of aliphatic hydroxyl groups is 1. The number of anilines is 2. The lowest BCUT2D eigenvalue weighted by atomic mass is 9.82. The number of halogens is 5. The minimum atomic E-state index is -4.67. The van der Waals surface area contributed by atoms with Crippen molar-refractivity contribution in [1.82, 2.24) is 14.9 Å². The molecule has 1 amide bonds. The Balaban J connectivity index is 1.71. The smallest absolute Gasteiger partial charge is 0.388 e. The molecule has 0 bridgehead atoms. The average molecular weight is 517 g/mol. The molecule has 0 aliphatic carbocycles. The van der Waals surface area contributed by atoms with Crippen LogP contribution in [-0.2, 0) is 17.5 Å². The van der Waals surface area contributed by atoms with E-state index in [0.29, 0.717) is 19.0 Å². The lowest BCUT2D eigenvalue weighted by molar-refractivity contribution is -0.137. The molecule has 1 aromatic carbocycles. The zero-order valence-electron chi connectivity index (χ0n) is 19.9. The van der Waals surface area contributed by atoms with Gasteiger partial charge in [0.25, 0.3) is 0 Å². The third kappa shape index (κ3) is 6.58. The summed E-state index contributed by atoms with van der Waals surface area (Å²) in [5.41, 5.74) is 2.91. The molecule has 0 spiro atoms. The molecule has 1 saturated heterocycles. The first kappa shape index (κ1) is 27.5. The first-order chi connectivity index (χ1) is 16.8. The zero-order valence-corrected chi connectivity index (χ0v) is 19.9. The van der Waals surface area contributed by atoms with E-state index >= 15 is 4.39 Å². The third-order valence-corrected chi connectivity index (χ3v) is 6.31. The fourth-order valence-electron chi connectivity index (χ4n) is 4.31. The van der Waals surface area contributed by atoms with Crippen molar-refractivity contribution in [2.45, 2.75) is 38.6 Å². The number of hydrogen-bond acceptors (Lipinski definition) is 7. The highest BCUT2D eigenvalue weighted by Gasteiger charge is 2.38. The van der Waals surface area contributed by atoms with Crippen LogP contribution in [0.3, 0.4) is 0 Å². The number of benzene rings is 1. The molecular weight excluding hydrogens is 487 g/mol. The molecule has 36 heavy (non-hydrogen) atoms. The molecule has 198 valence electrons. The summed E-state index contributed by atoms with van der Waals surface area (Å²) >= 11 is 0. The molecular formula is C23H29F5N6O2. The number of amides is 1. The molecule has 1 fully saturated rings. The highest BCUT2D eigenvalue weighted by molar-refractivity contribution is 5.75. The summed E-state index contributed by atoms with van der Waals surface area (Å²) in [6, 6.07) is 2.20. The fourth-order valence-corrected chi connectivity index (χ4v) is 4.31. The van der Waals surface area contributed by atoms with E-state index in [1.165, 1.54) is 4.90 Å². The van der Waals surface area contributed by atoms with Gasteiger partial charge in [0.2, 0.25) is 11.7 Å². The lowest BCUT2D eigenvalue weighted by Gasteiger charge is -2.42. The van der Waals surface area contributed by atoms with Crippen molar-refractivity contribution < 1.29 is 31.9 Å². The van der Waals surface area contributed by atoms with Gasteiger partial charge in [-0.05, 0) is 38.9 Å². The zero-order chi connectivity index (χ0) is 26.7. The number of alkyl halides is 3. The van der Waals surface area contributed by atoms with Gasteiger partial charge in [0.1, 0.15) is 12.1 Å². The molecule has 1 aromatic heterocycles. The van der Waals surface area contributed by atoms with Gasteiger partial charge in [-0.15, -0.1) is 0 Å². The lowest BCUT2D eigenvalue weighted by Crippen LogP contribution is -2.55. The number of nitrogens with zero attached hydrogens (tertiary/aromatic N) is 4. The van der Waals surface area contributed by atoms with Crippen LogP contribution in [0, 0.1) is 17.6 Å². The van der Waals surface area contributed by atoms with Crippen molar-refractivity contribution in [3.05, 3.63) is 47.3 Å². The van der Waals surface area contributed by atoms with Gasteiger partial charge in [-0.2, -0.15) is 17.6 Å². The molecule has 1 aliphatic heterocycles. The first-order valence-electron chi connectivity index (χ1n) is 11.4. The maximum absolute atomic E-state index is 15.3. The number of rotatable bonds is 9. The number of nitrogens with two attached hydrogens (primary N) is 1. The molecule has 0 saturated carbocycles. The van der Waals surface area contributed by atoms with E-state index in [1.54, 1.807) is 18.7 Å². The predicted octanol–water partition coefficient (Wildman–Crippen LogP) is 2.77. The Morgan fingerprint density at radius 2 is 2.06 bits per heavy atom. The van der Waals surface area contributed by atoms with Crippen LogP contribution in [0.4, 0.5) is 33.6 Å². The number of hydrogen-bond donors (Lipinski definition) is 3. The van der Waals surface area contributed by atoms with Crippen LogP contribution in [0.15, 0.2) is 24.5 Å². The van der Waals surface area contributed by atoms with E-state index in [0.717, 1.165) is 18.5 Å². The summed E-state index contributed by atoms with van der Waals surface area (Å²) in [5, 5.41) is 13.7. The number of aromatic nitrogens is 2. The summed E-state index contributed by atoms with van der Waals surface area (Å²) in [7, 11) is 0. The Hall–Kier alpha value is -3.06. The number of primary amides is 1. The van der Waals surface area contributed by atoms with Crippen molar-refractivity contribution in [2.75, 3.05) is 42.9 Å². The summed E-state index contributed by atoms with van der Waals surface area (Å²) in [5.74, 6) is -2.89. The Morgan fingerprint density at radius 1 is 1.33 bits per heavy atom. The summed E-state index contributed by atoms with van der Waals surface area (Å²) < 4.78 is 68.1. The van der Waals surface area contributed by atoms with E-state index < -0.39 is 34.9 Å². The molecule has 3 rings (SSSR count). The molecule has 2 atom stereocenters. The number of piperidine rings is 1. The second kappa shape index (κ2) is 10.9. The van der Waals surface area contributed by atoms with Crippen LogP contribution in [0.2, 0.25) is 0 Å². The quantitative estimate of drug-likeness (QED) is 0.440. The molecule has 0 radical (unpaired) electrons. The van der Waals surface area contributed by atoms with E-state index in [2.05, 4.69) is 15.3 Å². The summed E-state index contributed by atoms with van der Waals surface area (Å²) in [4.78, 5) is 22.2. The van der Waals surface area contributed by atoms with Crippen molar-refractivity contribution in [3.8, 4) is 0 Å². The topological polar surface area (TPSA) is 108 Å². The van der Waals surface area contributed by atoms with Crippen LogP contribution in [0.1, 0.15) is 31.4 Å². The molecule has 2 heterocycles. The number of likely N-dealkylation sites (tertiary alicyclic amines) is 1. The summed E-state index contributed by atoms with van der Waals surface area (Å²) in [6.45, 7) is 4.27. The van der Waals surface area contributed by atoms with Crippen molar-refractivity contribution in [1.29, 1.82) is 0 Å². The number of carbonyl (C=O) groups excluding carboxylic acids is 1. The van der Waals surface area contributed by atoms with Gasteiger partial charge >= 0.3 is 6.18 Å². The third-order valence-electron chi connectivity index (χ3n) is 6.31. The van der Waals surface area contributed by atoms with Crippen LogP contribution in [0.25, 0.3) is 0 Å². The maximum Gasteiger partial charge on any atom is 0.416 e. The Morgan fingerprint density at radius 3 is 2.64 bits per heavy atom. The Labute approximate surface area is 205 Å². The molecule has 8 nitrogen and oxygen atoms in total. The molecule has 13 heteroatoms. The minimum Gasteiger partial charge on any atom is -0.388 e. The molecule has 0 unspecified atom stereocenters. The van der Waals surface area contributed by atoms with Gasteiger partial charge in [0.15, 0.2) is 11.6 Å². The Kier molecular flexibility index (Phi) is 8.34. The maximum atomic E-state index is 15.3. The van der Waals surface area contributed by atoms with Gasteiger partial charge in [0.05, 0.1) is 17.7 Å². The normalized spacial score (nSPS) is 20.8. The predicted molar refractivity (Wildman–Crippen MR) is 123 cm³/mol. The second-order valence-electron chi connectivity index (χ2n) is 9.08. The molecule has 2 aromatic rings. The number of carbonyl (C=O) groups is 1. The minimum absolute atomic E-state index is 0.0343. The molecule has 1 aliphatic rings. The standard InChI is InChI=1S/C23H29F5N6O2/c1-3-34(10-14-4-5-15(8-17(14)24)23(26,27)28)21-19(25)20(31-13-32-21)30-9-16-6-7-33(11-18(29)35)12-22(16,2)36/h4-5,8,13,16,36H,3,6-7,9-12H2,1-2H3,(H2,29,35)(H,30,31,32)/t16-,22-/m0/s1. The second-order valence-corrected chi connectivity index (χ2v) is 9.08. The highest BCUT2D eigenvalue weighted by Crippen LogP contribution is 2.32. The average Bonchev–Trinajstić information content (AvgIpc) is 2.77. The van der Waals surface area contributed by atoms with E-state index in [1.807, 2.05) is 0 Å². The van der Waals surface area contributed by atoms with E-state index in [4.69, 9.17) is 5.73 Å². The van der Waals surface area contributed by atoms with Gasteiger partial charge in [0, 0.05) is 37.7 Å². The van der Waals surface area contributed by atoms with Gasteiger partial charge < -0.3 is 21.1 Å². The SMILES string of the molecule is CCN(Cc1ccc(C(F)(F)F)cc1F)c1ncnc(NC[C@@H]2CCN(CC(N)=O)C[C@]2(C)O)c1F. The highest BCUT2D eigenvalue weighted by atomic mass is 19.4.